The predicted octanol–water partition coefficient (Wildman–Crippen LogP) is 2.78. The van der Waals surface area contributed by atoms with Crippen molar-refractivity contribution in [1.82, 2.24) is 10.2 Å². The normalized spacial score (nSPS) is 29.9. The lowest BCUT2D eigenvalue weighted by Crippen LogP contribution is -2.71. The Kier molecular flexibility index (Phi) is 4.66. The molecule has 3 atom stereocenters. The number of carbonyl (C=O) groups excluding carboxylic acids is 2. The Bertz CT molecular complexity index is 852. The minimum Gasteiger partial charge on any atom is -0.480 e. The van der Waals surface area contributed by atoms with Gasteiger partial charge in [-0.3, -0.25) is 9.59 Å². The van der Waals surface area contributed by atoms with E-state index in [4.69, 9.17) is 11.6 Å². The van der Waals surface area contributed by atoms with Crippen LogP contribution in [0.25, 0.3) is 0 Å². The summed E-state index contributed by atoms with van der Waals surface area (Å²) in [4.78, 5) is 39.1. The molecular weight excluding hydrogens is 400 g/mol. The Labute approximate surface area is 173 Å². The molecular formula is C20H23ClN2O4S. The summed E-state index contributed by atoms with van der Waals surface area (Å²) in [5.74, 6) is -1.49. The predicted molar refractivity (Wildman–Crippen MR) is 107 cm³/mol. The second-order valence-corrected chi connectivity index (χ2v) is 10.6. The molecule has 8 heteroatoms. The topological polar surface area (TPSA) is 86.7 Å². The van der Waals surface area contributed by atoms with E-state index in [2.05, 4.69) is 5.32 Å². The van der Waals surface area contributed by atoms with E-state index >= 15 is 0 Å². The van der Waals surface area contributed by atoms with Crippen molar-refractivity contribution in [2.75, 3.05) is 0 Å². The van der Waals surface area contributed by atoms with Crippen LogP contribution in [0.4, 0.5) is 0 Å². The van der Waals surface area contributed by atoms with E-state index in [1.807, 2.05) is 32.0 Å². The molecule has 3 fully saturated rings. The largest absolute Gasteiger partial charge is 0.480 e. The summed E-state index contributed by atoms with van der Waals surface area (Å²) in [5, 5.41) is 12.7. The number of nitrogens with zero attached hydrogens (tertiary/aromatic N) is 1. The minimum atomic E-state index is -1.01. The summed E-state index contributed by atoms with van der Waals surface area (Å²) in [6.45, 7) is 3.65. The number of aliphatic carboxylic acids is 1. The smallest absolute Gasteiger partial charge is 0.327 e. The Morgan fingerprint density at radius 2 is 1.96 bits per heavy atom. The van der Waals surface area contributed by atoms with Crippen LogP contribution in [0.15, 0.2) is 24.3 Å². The number of amides is 2. The first kappa shape index (κ1) is 19.6. The first-order valence-corrected chi connectivity index (χ1v) is 10.7. The van der Waals surface area contributed by atoms with Crippen molar-refractivity contribution >= 4 is 41.1 Å². The molecule has 1 aliphatic carbocycles. The van der Waals surface area contributed by atoms with Crippen molar-refractivity contribution in [2.24, 2.45) is 0 Å². The zero-order chi connectivity index (χ0) is 20.3. The van der Waals surface area contributed by atoms with Crippen LogP contribution in [0, 0.1) is 0 Å². The summed E-state index contributed by atoms with van der Waals surface area (Å²) in [6, 6.07) is 5.81. The van der Waals surface area contributed by atoms with E-state index in [9.17, 15) is 19.5 Å². The molecule has 1 saturated carbocycles. The van der Waals surface area contributed by atoms with E-state index in [-0.39, 0.29) is 17.2 Å². The number of nitrogens with one attached hydrogen (secondary N) is 1. The van der Waals surface area contributed by atoms with Crippen molar-refractivity contribution in [3.05, 3.63) is 34.9 Å². The highest BCUT2D eigenvalue weighted by atomic mass is 35.5. The molecule has 0 bridgehead atoms. The number of thioether (sulfide) groups is 1. The number of β-lactam (4-membered cyclic amide) rings is 1. The Balaban J connectivity index is 1.57. The number of benzene rings is 1. The first-order chi connectivity index (χ1) is 13.2. The lowest BCUT2D eigenvalue weighted by atomic mass is 9.77. The molecule has 2 amide bonds. The van der Waals surface area contributed by atoms with Crippen LogP contribution >= 0.6 is 23.4 Å². The number of fused-ring (bicyclic) bond motifs is 1. The van der Waals surface area contributed by atoms with Crippen LogP contribution in [-0.4, -0.2) is 50.0 Å². The lowest BCUT2D eigenvalue weighted by molar-refractivity contribution is -0.161. The van der Waals surface area contributed by atoms with Gasteiger partial charge in [0.25, 0.3) is 0 Å². The third kappa shape index (κ3) is 2.82. The molecule has 0 radical (unpaired) electrons. The van der Waals surface area contributed by atoms with Crippen molar-refractivity contribution < 1.29 is 19.5 Å². The van der Waals surface area contributed by atoms with Gasteiger partial charge in [0.2, 0.25) is 11.8 Å². The van der Waals surface area contributed by atoms with E-state index in [0.717, 1.165) is 18.4 Å². The SMILES string of the molecule is CC1(C)SC2C(NC(=O)C3(c4cccc(Cl)c4)CCCC3)C(=O)N2C1C(=O)O. The molecule has 1 aromatic carbocycles. The first-order valence-electron chi connectivity index (χ1n) is 9.47. The maximum absolute atomic E-state index is 13.3. The fourth-order valence-corrected chi connectivity index (χ4v) is 6.65. The summed E-state index contributed by atoms with van der Waals surface area (Å²) < 4.78 is -0.608. The summed E-state index contributed by atoms with van der Waals surface area (Å²) in [7, 11) is 0. The second kappa shape index (κ2) is 6.66. The van der Waals surface area contributed by atoms with Crippen LogP contribution in [0.3, 0.4) is 0 Å². The fraction of sp³-hybridized carbons (Fsp3) is 0.550. The Hall–Kier alpha value is -1.73. The van der Waals surface area contributed by atoms with E-state index in [1.54, 1.807) is 6.07 Å². The summed E-state index contributed by atoms with van der Waals surface area (Å²) >= 11 is 7.59. The average Bonchev–Trinajstić information content (AvgIpc) is 3.21. The molecule has 2 N–H and O–H groups in total. The molecule has 3 unspecified atom stereocenters. The highest BCUT2D eigenvalue weighted by Gasteiger charge is 2.64. The van der Waals surface area contributed by atoms with Gasteiger partial charge in [-0.05, 0) is 44.4 Å². The van der Waals surface area contributed by atoms with Crippen molar-refractivity contribution in [3.63, 3.8) is 0 Å². The van der Waals surface area contributed by atoms with Gasteiger partial charge in [-0.1, -0.05) is 36.6 Å². The molecule has 0 aromatic heterocycles. The molecule has 2 aliphatic heterocycles. The fourth-order valence-electron chi connectivity index (χ4n) is 4.84. The maximum Gasteiger partial charge on any atom is 0.327 e. The van der Waals surface area contributed by atoms with Crippen LogP contribution in [0.1, 0.15) is 45.1 Å². The van der Waals surface area contributed by atoms with Gasteiger partial charge >= 0.3 is 5.97 Å². The number of hydrogen-bond donors (Lipinski definition) is 2. The molecule has 150 valence electrons. The zero-order valence-corrected chi connectivity index (χ0v) is 17.3. The van der Waals surface area contributed by atoms with E-state index < -0.39 is 28.2 Å². The monoisotopic (exact) mass is 422 g/mol. The second-order valence-electron chi connectivity index (χ2n) is 8.35. The van der Waals surface area contributed by atoms with Gasteiger partial charge in [-0.25, -0.2) is 4.79 Å². The van der Waals surface area contributed by atoms with Crippen LogP contribution in [0.5, 0.6) is 0 Å². The van der Waals surface area contributed by atoms with Gasteiger partial charge in [0.05, 0.1) is 5.41 Å². The van der Waals surface area contributed by atoms with Gasteiger partial charge in [0.15, 0.2) is 0 Å². The number of carboxylic acid groups (broad SMARTS) is 1. The molecule has 3 aliphatic rings. The van der Waals surface area contributed by atoms with Crippen molar-refractivity contribution in [2.45, 2.75) is 67.2 Å². The molecule has 2 saturated heterocycles. The molecule has 0 spiro atoms. The third-order valence-corrected chi connectivity index (χ3v) is 8.04. The van der Waals surface area contributed by atoms with E-state index in [0.29, 0.717) is 17.9 Å². The number of hydrogen-bond acceptors (Lipinski definition) is 4. The highest BCUT2D eigenvalue weighted by molar-refractivity contribution is 8.01. The summed E-state index contributed by atoms with van der Waals surface area (Å²) in [5.41, 5.74) is 0.192. The average molecular weight is 423 g/mol. The van der Waals surface area contributed by atoms with Crippen LogP contribution in [-0.2, 0) is 19.8 Å². The standard InChI is InChI=1S/C20H23ClN2O4S/c1-19(2)14(17(25)26)23-15(24)13(16(23)28-19)22-18(27)20(8-3-4-9-20)11-6-5-7-12(21)10-11/h5-7,10,13-14,16H,3-4,8-9H2,1-2H3,(H,22,27)(H,25,26). The van der Waals surface area contributed by atoms with E-state index in [1.165, 1.54) is 16.7 Å². The maximum atomic E-state index is 13.3. The molecule has 4 rings (SSSR count). The Morgan fingerprint density at radius 1 is 1.29 bits per heavy atom. The molecule has 2 heterocycles. The van der Waals surface area contributed by atoms with Crippen molar-refractivity contribution in [1.29, 1.82) is 0 Å². The Morgan fingerprint density at radius 3 is 2.57 bits per heavy atom. The minimum absolute atomic E-state index is 0.164. The van der Waals surface area contributed by atoms with Gasteiger partial charge in [0.1, 0.15) is 17.5 Å². The summed E-state index contributed by atoms with van der Waals surface area (Å²) in [6.07, 6.45) is 3.31. The lowest BCUT2D eigenvalue weighted by Gasteiger charge is -2.44. The molecule has 1 aromatic rings. The van der Waals surface area contributed by atoms with Gasteiger partial charge in [0, 0.05) is 9.77 Å². The van der Waals surface area contributed by atoms with Gasteiger partial charge < -0.3 is 15.3 Å². The van der Waals surface area contributed by atoms with Crippen molar-refractivity contribution in [3.8, 4) is 0 Å². The van der Waals surface area contributed by atoms with Gasteiger partial charge in [-0.2, -0.15) is 0 Å². The zero-order valence-electron chi connectivity index (χ0n) is 15.8. The number of carboxylic acids is 1. The number of carbonyl (C=O) groups is 3. The quantitative estimate of drug-likeness (QED) is 0.728. The van der Waals surface area contributed by atoms with Gasteiger partial charge in [-0.15, -0.1) is 11.8 Å². The molecule has 28 heavy (non-hydrogen) atoms. The third-order valence-electron chi connectivity index (χ3n) is 6.23. The van der Waals surface area contributed by atoms with Crippen LogP contribution < -0.4 is 5.32 Å². The number of halogens is 1. The highest BCUT2D eigenvalue weighted by Crippen LogP contribution is 2.51. The molecule has 6 nitrogen and oxygen atoms in total. The number of rotatable bonds is 4. The van der Waals surface area contributed by atoms with Crippen LogP contribution in [0.2, 0.25) is 5.02 Å².